The smallest absolute Gasteiger partial charge is 0.184 e. The van der Waals surface area contributed by atoms with Gasteiger partial charge in [0.15, 0.2) is 5.88 Å². The first-order chi connectivity index (χ1) is 15.5. The summed E-state index contributed by atoms with van der Waals surface area (Å²) in [4.78, 5) is 8.96. The second-order valence-corrected chi connectivity index (χ2v) is 7.24. The number of amidine groups is 1. The number of benzene rings is 2. The molecule has 0 fully saturated rings. The van der Waals surface area contributed by atoms with Gasteiger partial charge in [-0.15, -0.1) is 0 Å². The van der Waals surface area contributed by atoms with Gasteiger partial charge in [-0.05, 0) is 85.9 Å². The minimum Gasteiger partial charge on any atom is -0.497 e. The fourth-order valence-corrected chi connectivity index (χ4v) is 2.97. The quantitative estimate of drug-likeness (QED) is 0.289. The van der Waals surface area contributed by atoms with Gasteiger partial charge < -0.3 is 14.8 Å². The Morgan fingerprint density at radius 3 is 2.34 bits per heavy atom. The Labute approximate surface area is 191 Å². The summed E-state index contributed by atoms with van der Waals surface area (Å²) in [6.07, 6.45) is 6.48. The molecule has 0 amide bonds. The Bertz CT molecular complexity index is 1020. The van der Waals surface area contributed by atoms with Crippen LogP contribution < -0.4 is 10.1 Å². The topological polar surface area (TPSA) is 55.2 Å². The maximum absolute atomic E-state index is 5.22. The highest BCUT2D eigenvalue weighted by molar-refractivity contribution is 5.99. The van der Waals surface area contributed by atoms with Crippen molar-refractivity contribution in [3.8, 4) is 5.75 Å². The van der Waals surface area contributed by atoms with Crippen LogP contribution in [0.15, 0.2) is 83.3 Å². The predicted molar refractivity (Wildman–Crippen MR) is 136 cm³/mol. The number of nitrogens with one attached hydrogen (secondary N) is 1. The molecule has 0 aliphatic rings. The maximum Gasteiger partial charge on any atom is 0.184 e. The molecule has 0 aliphatic carbocycles. The zero-order valence-electron chi connectivity index (χ0n) is 19.7. The van der Waals surface area contributed by atoms with Gasteiger partial charge in [-0.3, -0.25) is 9.98 Å². The Morgan fingerprint density at radius 2 is 1.72 bits per heavy atom. The van der Waals surface area contributed by atoms with Crippen LogP contribution in [0.3, 0.4) is 0 Å². The van der Waals surface area contributed by atoms with Crippen LogP contribution in [0, 0.1) is 0 Å². The molecule has 168 valence electrons. The number of hydrogen-bond donors (Lipinski definition) is 1. The summed E-state index contributed by atoms with van der Waals surface area (Å²) < 4.78 is 10.4. The molecule has 5 nitrogen and oxygen atoms in total. The average molecular weight is 432 g/mol. The number of methoxy groups -OCH3 is 2. The number of nitrogens with zero attached hydrogens (tertiary/aromatic N) is 2. The van der Waals surface area contributed by atoms with Gasteiger partial charge in [-0.2, -0.15) is 0 Å². The van der Waals surface area contributed by atoms with Crippen LogP contribution in [0.4, 0.5) is 0 Å². The van der Waals surface area contributed by atoms with Crippen LogP contribution in [0.5, 0.6) is 5.75 Å². The van der Waals surface area contributed by atoms with Gasteiger partial charge in [0.05, 0.1) is 14.2 Å². The standard InChI is InChI=1S/C27H33N3O2/c1-7-28-19-21(3)25-10-8-9-24(18-25)20(2)17-27(30-22(4)31-5)29-16-15-23-11-13-26(32-6)14-12-23/h7-14,17-19H,4,15-16H2,1-3,5-6H3,(H,29,30)/b20-17+,21-19+,28-7?. The number of aliphatic imine (C=N–C) groups is 2. The molecule has 2 rings (SSSR count). The molecule has 0 radical (unpaired) electrons. The molecule has 5 heteroatoms. The van der Waals surface area contributed by atoms with Gasteiger partial charge in [0.25, 0.3) is 0 Å². The number of allylic oxidation sites excluding steroid dienone is 2. The van der Waals surface area contributed by atoms with E-state index in [0.29, 0.717) is 18.3 Å². The average Bonchev–Trinajstić information content (AvgIpc) is 2.82. The third-order valence-corrected chi connectivity index (χ3v) is 4.90. The second-order valence-electron chi connectivity index (χ2n) is 7.24. The van der Waals surface area contributed by atoms with Crippen molar-refractivity contribution in [3.05, 3.63) is 90.0 Å². The third-order valence-electron chi connectivity index (χ3n) is 4.90. The summed E-state index contributed by atoms with van der Waals surface area (Å²) in [7, 11) is 3.25. The lowest BCUT2D eigenvalue weighted by molar-refractivity contribution is 0.278. The number of rotatable bonds is 10. The van der Waals surface area contributed by atoms with Crippen molar-refractivity contribution < 1.29 is 9.47 Å². The molecule has 0 bridgehead atoms. The normalized spacial score (nSPS) is 12.7. The molecule has 0 aliphatic heterocycles. The summed E-state index contributed by atoms with van der Waals surface area (Å²) in [5.41, 5.74) is 5.64. The van der Waals surface area contributed by atoms with E-state index >= 15 is 0 Å². The minimum absolute atomic E-state index is 0.446. The van der Waals surface area contributed by atoms with Crippen LogP contribution in [0.2, 0.25) is 0 Å². The highest BCUT2D eigenvalue weighted by Gasteiger charge is 2.04. The molecule has 0 heterocycles. The van der Waals surface area contributed by atoms with Crippen molar-refractivity contribution in [2.75, 3.05) is 20.8 Å². The van der Waals surface area contributed by atoms with Crippen LogP contribution in [0.1, 0.15) is 37.5 Å². The lowest BCUT2D eigenvalue weighted by Gasteiger charge is -2.11. The fraction of sp³-hybridized carbons (Fsp3) is 0.259. The van der Waals surface area contributed by atoms with Crippen LogP contribution in [-0.2, 0) is 11.2 Å². The molecular formula is C27H33N3O2. The van der Waals surface area contributed by atoms with E-state index in [1.54, 1.807) is 20.4 Å². The van der Waals surface area contributed by atoms with E-state index < -0.39 is 0 Å². The van der Waals surface area contributed by atoms with Crippen LogP contribution in [0.25, 0.3) is 11.1 Å². The van der Waals surface area contributed by atoms with Gasteiger partial charge in [-0.25, -0.2) is 0 Å². The zero-order chi connectivity index (χ0) is 23.3. The molecule has 0 aromatic heterocycles. The third kappa shape index (κ3) is 7.91. The maximum atomic E-state index is 5.22. The second kappa shape index (κ2) is 13.0. The summed E-state index contributed by atoms with van der Waals surface area (Å²) in [6.45, 7) is 10.5. The Balaban J connectivity index is 2.21. The molecule has 0 unspecified atom stereocenters. The van der Waals surface area contributed by atoms with E-state index in [4.69, 9.17) is 14.5 Å². The van der Waals surface area contributed by atoms with Crippen molar-refractivity contribution in [3.63, 3.8) is 0 Å². The summed E-state index contributed by atoms with van der Waals surface area (Å²) in [5, 5.41) is 3.14. The molecule has 1 N–H and O–H groups in total. The monoisotopic (exact) mass is 431 g/mol. The summed E-state index contributed by atoms with van der Waals surface area (Å²) in [6, 6.07) is 16.4. The SMILES string of the molecule is C=C(NC(/C=C(\C)c1cccc(/C(C)=C/N=CC)c1)=NCCc1ccc(OC)cc1)OC. The highest BCUT2D eigenvalue weighted by Crippen LogP contribution is 2.20. The van der Waals surface area contributed by atoms with Crippen molar-refractivity contribution in [1.82, 2.24) is 5.32 Å². The molecule has 0 atom stereocenters. The van der Waals surface area contributed by atoms with Gasteiger partial charge in [0.2, 0.25) is 0 Å². The van der Waals surface area contributed by atoms with Crippen LogP contribution in [-0.4, -0.2) is 32.8 Å². The van der Waals surface area contributed by atoms with Crippen molar-refractivity contribution in [1.29, 1.82) is 0 Å². The molecule has 32 heavy (non-hydrogen) atoms. The van der Waals surface area contributed by atoms with E-state index in [1.807, 2.05) is 31.3 Å². The minimum atomic E-state index is 0.446. The zero-order valence-corrected chi connectivity index (χ0v) is 19.7. The largest absolute Gasteiger partial charge is 0.497 e. The molecule has 0 spiro atoms. The van der Waals surface area contributed by atoms with E-state index in [1.165, 1.54) is 5.56 Å². The first kappa shape index (κ1) is 24.7. The van der Waals surface area contributed by atoms with Gasteiger partial charge in [0.1, 0.15) is 11.6 Å². The lowest BCUT2D eigenvalue weighted by Crippen LogP contribution is -2.22. The van der Waals surface area contributed by atoms with Crippen LogP contribution >= 0.6 is 0 Å². The van der Waals surface area contributed by atoms with Gasteiger partial charge in [0, 0.05) is 19.0 Å². The van der Waals surface area contributed by atoms with Crippen molar-refractivity contribution in [2.45, 2.75) is 27.2 Å². The lowest BCUT2D eigenvalue weighted by atomic mass is 10.0. The first-order valence-electron chi connectivity index (χ1n) is 10.6. The molecule has 0 saturated carbocycles. The van der Waals surface area contributed by atoms with E-state index in [-0.39, 0.29) is 0 Å². The molecule has 0 saturated heterocycles. The van der Waals surface area contributed by atoms with Gasteiger partial charge in [-0.1, -0.05) is 30.3 Å². The first-order valence-corrected chi connectivity index (χ1v) is 10.6. The van der Waals surface area contributed by atoms with Crippen molar-refractivity contribution >= 4 is 23.2 Å². The predicted octanol–water partition coefficient (Wildman–Crippen LogP) is 5.90. The molecular weight excluding hydrogens is 398 g/mol. The van der Waals surface area contributed by atoms with Crippen molar-refractivity contribution in [2.24, 2.45) is 9.98 Å². The van der Waals surface area contributed by atoms with E-state index in [0.717, 1.165) is 34.4 Å². The Morgan fingerprint density at radius 1 is 1.03 bits per heavy atom. The summed E-state index contributed by atoms with van der Waals surface area (Å²) >= 11 is 0. The number of ether oxygens (including phenoxy) is 2. The van der Waals surface area contributed by atoms with Gasteiger partial charge >= 0.3 is 0 Å². The molecule has 2 aromatic rings. The number of hydrogen-bond acceptors (Lipinski definition) is 4. The molecule has 2 aromatic carbocycles. The summed E-state index contributed by atoms with van der Waals surface area (Å²) in [5.74, 6) is 2.00. The fourth-order valence-electron chi connectivity index (χ4n) is 2.97. The Kier molecular flexibility index (Phi) is 9.98. The Hall–Kier alpha value is -3.60. The van der Waals surface area contributed by atoms with E-state index in [9.17, 15) is 0 Å². The highest BCUT2D eigenvalue weighted by atomic mass is 16.5. The van der Waals surface area contributed by atoms with E-state index in [2.05, 4.69) is 67.1 Å².